The Morgan fingerprint density at radius 2 is 1.16 bits per heavy atom. The van der Waals surface area contributed by atoms with Gasteiger partial charge in [-0.05, 0) is 20.8 Å². The van der Waals surface area contributed by atoms with Crippen molar-refractivity contribution in [1.82, 2.24) is 0 Å². The standard InChI is InChI=1S/C19H36N2O11/c1-5-9(20)16(11(23)6(2)28-5)31-18-10(21)17(12(24)7(3)29-18)32-19-15(27)14(26)13(25)8(4-22)30-19/h5-19,22-27H,4,20-21H2,1-3H3/t5-,6?,7?,8?,9?,10?,11-,12+,13+,14-,15?,16+,17+,18-,19-/m0/s1. The van der Waals surface area contributed by atoms with Crippen molar-refractivity contribution in [2.45, 2.75) is 113 Å². The Kier molecular flexibility index (Phi) is 8.48. The van der Waals surface area contributed by atoms with Crippen LogP contribution >= 0.6 is 0 Å². The zero-order chi connectivity index (χ0) is 23.9. The molecule has 3 aliphatic rings. The molecule has 0 aromatic heterocycles. The van der Waals surface area contributed by atoms with E-state index in [9.17, 15) is 30.6 Å². The number of nitrogens with two attached hydrogens (primary N) is 2. The van der Waals surface area contributed by atoms with Gasteiger partial charge in [-0.2, -0.15) is 0 Å². The molecule has 3 saturated heterocycles. The van der Waals surface area contributed by atoms with Gasteiger partial charge in [0.2, 0.25) is 0 Å². The SMILES string of the molecule is CC1O[C@@H](O[C@@H]2C(N)[C@H](C)OC(C)[C@@H]2O)C(N)[C@@H](O[C@@H]2OC(CO)[C@@H](O)[C@H](O)C2O)[C@@H]1O. The number of aliphatic hydroxyl groups is 6. The third kappa shape index (κ3) is 4.95. The molecule has 3 aliphatic heterocycles. The minimum atomic E-state index is -1.67. The Bertz CT molecular complexity index is 602. The van der Waals surface area contributed by atoms with Crippen LogP contribution in [0, 0.1) is 0 Å². The van der Waals surface area contributed by atoms with Gasteiger partial charge >= 0.3 is 0 Å². The van der Waals surface area contributed by atoms with Gasteiger partial charge in [0.25, 0.3) is 0 Å². The van der Waals surface area contributed by atoms with E-state index in [1.54, 1.807) is 20.8 Å². The van der Waals surface area contributed by atoms with E-state index in [1.807, 2.05) is 0 Å². The van der Waals surface area contributed by atoms with Gasteiger partial charge in [0.15, 0.2) is 12.6 Å². The van der Waals surface area contributed by atoms with E-state index in [2.05, 4.69) is 0 Å². The summed E-state index contributed by atoms with van der Waals surface area (Å²) >= 11 is 0. The van der Waals surface area contributed by atoms with Crippen LogP contribution in [-0.2, 0) is 23.7 Å². The van der Waals surface area contributed by atoms with Crippen LogP contribution in [0.25, 0.3) is 0 Å². The highest BCUT2D eigenvalue weighted by molar-refractivity contribution is 4.97. The second-order valence-electron chi connectivity index (χ2n) is 8.79. The Balaban J connectivity index is 1.74. The van der Waals surface area contributed by atoms with Gasteiger partial charge in [-0.3, -0.25) is 0 Å². The summed E-state index contributed by atoms with van der Waals surface area (Å²) in [5.74, 6) is 0. The number of rotatable bonds is 5. The third-order valence-corrected chi connectivity index (χ3v) is 6.46. The van der Waals surface area contributed by atoms with Crippen molar-refractivity contribution >= 4 is 0 Å². The molecule has 13 nitrogen and oxygen atoms in total. The molecular formula is C19H36N2O11. The van der Waals surface area contributed by atoms with E-state index in [1.165, 1.54) is 0 Å². The molecule has 188 valence electrons. The van der Waals surface area contributed by atoms with E-state index in [-0.39, 0.29) is 0 Å². The van der Waals surface area contributed by atoms with Gasteiger partial charge in [0.05, 0.1) is 37.0 Å². The van der Waals surface area contributed by atoms with Crippen LogP contribution in [0.1, 0.15) is 20.8 Å². The van der Waals surface area contributed by atoms with Gasteiger partial charge in [-0.25, -0.2) is 0 Å². The summed E-state index contributed by atoms with van der Waals surface area (Å²) in [6, 6.07) is -1.79. The predicted octanol–water partition coefficient (Wildman–Crippen LogP) is -4.51. The summed E-state index contributed by atoms with van der Waals surface area (Å²) in [4.78, 5) is 0. The highest BCUT2D eigenvalue weighted by Gasteiger charge is 2.51. The first-order valence-electron chi connectivity index (χ1n) is 10.8. The fraction of sp³-hybridized carbons (Fsp3) is 1.00. The summed E-state index contributed by atoms with van der Waals surface area (Å²) in [5, 5.41) is 60.6. The molecule has 0 saturated carbocycles. The first-order valence-corrected chi connectivity index (χ1v) is 10.8. The quantitative estimate of drug-likeness (QED) is 0.191. The van der Waals surface area contributed by atoms with Crippen LogP contribution in [0.5, 0.6) is 0 Å². The fourth-order valence-corrected chi connectivity index (χ4v) is 4.26. The number of aliphatic hydroxyl groups excluding tert-OH is 6. The van der Waals surface area contributed by atoms with E-state index in [4.69, 9.17) is 35.2 Å². The molecule has 3 rings (SSSR count). The van der Waals surface area contributed by atoms with E-state index < -0.39 is 98.4 Å². The maximum atomic E-state index is 10.6. The zero-order valence-corrected chi connectivity index (χ0v) is 18.2. The maximum absolute atomic E-state index is 10.6. The third-order valence-electron chi connectivity index (χ3n) is 6.46. The lowest BCUT2D eigenvalue weighted by molar-refractivity contribution is -0.347. The predicted molar refractivity (Wildman–Crippen MR) is 106 cm³/mol. The Labute approximate surface area is 185 Å². The Morgan fingerprint density at radius 3 is 1.75 bits per heavy atom. The second kappa shape index (κ2) is 10.4. The zero-order valence-electron chi connectivity index (χ0n) is 18.2. The minimum absolute atomic E-state index is 0.401. The highest BCUT2D eigenvalue weighted by atomic mass is 16.7. The van der Waals surface area contributed by atoms with Crippen molar-refractivity contribution in [1.29, 1.82) is 0 Å². The topological polar surface area (TPSA) is 220 Å². The molecular weight excluding hydrogens is 432 g/mol. The molecule has 6 unspecified atom stereocenters. The Morgan fingerprint density at radius 1 is 0.625 bits per heavy atom. The maximum Gasteiger partial charge on any atom is 0.187 e. The molecule has 0 aromatic carbocycles. The van der Waals surface area contributed by atoms with Crippen LogP contribution < -0.4 is 11.5 Å². The van der Waals surface area contributed by atoms with E-state index >= 15 is 0 Å². The van der Waals surface area contributed by atoms with Gasteiger partial charge in [-0.1, -0.05) is 0 Å². The van der Waals surface area contributed by atoms with Gasteiger partial charge < -0.3 is 65.8 Å². The van der Waals surface area contributed by atoms with Crippen molar-refractivity contribution in [3.8, 4) is 0 Å². The van der Waals surface area contributed by atoms with Gasteiger partial charge in [-0.15, -0.1) is 0 Å². The van der Waals surface area contributed by atoms with Crippen LogP contribution in [0.2, 0.25) is 0 Å². The molecule has 0 aliphatic carbocycles. The second-order valence-corrected chi connectivity index (χ2v) is 8.79. The normalized spacial score (nSPS) is 55.0. The molecule has 32 heavy (non-hydrogen) atoms. The molecule has 0 spiro atoms. The summed E-state index contributed by atoms with van der Waals surface area (Å²) in [7, 11) is 0. The number of hydrogen-bond donors (Lipinski definition) is 8. The smallest absolute Gasteiger partial charge is 0.187 e. The van der Waals surface area contributed by atoms with Crippen molar-refractivity contribution in [2.75, 3.05) is 6.61 Å². The summed E-state index contributed by atoms with van der Waals surface area (Å²) in [6.45, 7) is 4.36. The molecule has 10 N–H and O–H groups in total. The van der Waals surface area contributed by atoms with Gasteiger partial charge in [0.1, 0.15) is 48.8 Å². The minimum Gasteiger partial charge on any atom is -0.394 e. The van der Waals surface area contributed by atoms with E-state index in [0.29, 0.717) is 0 Å². The van der Waals surface area contributed by atoms with Crippen LogP contribution in [-0.4, -0.2) is 129 Å². The van der Waals surface area contributed by atoms with Crippen LogP contribution in [0.15, 0.2) is 0 Å². The average molecular weight is 469 g/mol. The van der Waals surface area contributed by atoms with Crippen molar-refractivity contribution in [2.24, 2.45) is 11.5 Å². The largest absolute Gasteiger partial charge is 0.394 e. The fourth-order valence-electron chi connectivity index (χ4n) is 4.26. The molecule has 0 bridgehead atoms. The molecule has 3 fully saturated rings. The van der Waals surface area contributed by atoms with E-state index in [0.717, 1.165) is 0 Å². The number of ether oxygens (including phenoxy) is 5. The highest BCUT2D eigenvalue weighted by Crippen LogP contribution is 2.31. The first kappa shape index (κ1) is 26.1. The molecule has 0 amide bonds. The number of hydrogen-bond acceptors (Lipinski definition) is 13. The summed E-state index contributed by atoms with van der Waals surface area (Å²) < 4.78 is 28.2. The van der Waals surface area contributed by atoms with Crippen molar-refractivity contribution in [3.05, 3.63) is 0 Å². The van der Waals surface area contributed by atoms with Crippen molar-refractivity contribution in [3.63, 3.8) is 0 Å². The summed E-state index contributed by atoms with van der Waals surface area (Å²) in [5.41, 5.74) is 12.4. The molecule has 0 aromatic rings. The van der Waals surface area contributed by atoms with Crippen LogP contribution in [0.3, 0.4) is 0 Å². The molecule has 15 atom stereocenters. The molecule has 13 heteroatoms. The lowest BCUT2D eigenvalue weighted by atomic mass is 9.93. The lowest BCUT2D eigenvalue weighted by Gasteiger charge is -2.48. The van der Waals surface area contributed by atoms with Crippen molar-refractivity contribution < 1.29 is 54.3 Å². The van der Waals surface area contributed by atoms with Crippen LogP contribution in [0.4, 0.5) is 0 Å². The summed E-state index contributed by atoms with van der Waals surface area (Å²) in [6.07, 6.45) is -14.9. The van der Waals surface area contributed by atoms with Gasteiger partial charge in [0, 0.05) is 0 Å². The first-order chi connectivity index (χ1) is 15.0. The Hall–Kier alpha value is -0.520. The average Bonchev–Trinajstić information content (AvgIpc) is 2.76. The monoisotopic (exact) mass is 468 g/mol. The molecule has 3 heterocycles. The lowest BCUT2D eigenvalue weighted by Crippen LogP contribution is -2.68. The molecule has 0 radical (unpaired) electrons.